The molecular weight excluding hydrogens is 576 g/mol. The summed E-state index contributed by atoms with van der Waals surface area (Å²) in [5, 5.41) is 4.16. The second kappa shape index (κ2) is 10.2. The Balaban J connectivity index is 1.13. The second-order valence-corrected chi connectivity index (χ2v) is 13.8. The van der Waals surface area contributed by atoms with Crippen LogP contribution in [0.15, 0.2) is 54.6 Å². The maximum atomic E-state index is 13.8. The molecule has 5 aromatic rings. The normalized spacial score (nSPS) is 22.1. The minimum absolute atomic E-state index is 0.00925. The number of methoxy groups -OCH3 is 1. The van der Waals surface area contributed by atoms with Crippen LogP contribution < -0.4 is 15.8 Å². The molecule has 9 heteroatoms. The van der Waals surface area contributed by atoms with Crippen molar-refractivity contribution in [2.75, 3.05) is 19.0 Å². The van der Waals surface area contributed by atoms with Crippen molar-refractivity contribution in [3.63, 3.8) is 0 Å². The average Bonchev–Trinajstić information content (AvgIpc) is 3.47. The lowest BCUT2D eigenvalue weighted by molar-refractivity contribution is -0.116. The van der Waals surface area contributed by atoms with Crippen molar-refractivity contribution in [1.82, 2.24) is 19.0 Å². The van der Waals surface area contributed by atoms with Crippen LogP contribution in [0.1, 0.15) is 48.0 Å². The van der Waals surface area contributed by atoms with E-state index in [0.717, 1.165) is 71.7 Å². The number of ether oxygens (including phenoxy) is 1. The van der Waals surface area contributed by atoms with Crippen LogP contribution in [-0.4, -0.2) is 56.6 Å². The number of likely N-dealkylation sites (tertiary alicyclic amines) is 1. The number of piperidine rings is 1. The quantitative estimate of drug-likeness (QED) is 0.254. The van der Waals surface area contributed by atoms with Crippen LogP contribution >= 0.6 is 0 Å². The third-order valence-corrected chi connectivity index (χ3v) is 10.9. The largest absolute Gasteiger partial charge is 0.494 e. The number of anilines is 1. The fraction of sp³-hybridized carbons (Fsp3) is 0.378. The zero-order valence-electron chi connectivity index (χ0n) is 26.3. The van der Waals surface area contributed by atoms with Crippen molar-refractivity contribution in [2.24, 2.45) is 24.6 Å². The van der Waals surface area contributed by atoms with Gasteiger partial charge in [-0.2, -0.15) is 0 Å². The first-order valence-electron chi connectivity index (χ1n) is 16.5. The van der Waals surface area contributed by atoms with Gasteiger partial charge in [0, 0.05) is 60.8 Å². The molecule has 0 radical (unpaired) electrons. The van der Waals surface area contributed by atoms with Gasteiger partial charge in [0.05, 0.1) is 18.3 Å². The van der Waals surface area contributed by atoms with Crippen LogP contribution in [0.2, 0.25) is 0 Å². The van der Waals surface area contributed by atoms with Gasteiger partial charge < -0.3 is 29.8 Å². The Morgan fingerprint density at radius 3 is 2.61 bits per heavy atom. The molecule has 234 valence electrons. The molecule has 9 nitrogen and oxygen atoms in total. The topological polar surface area (TPSA) is 107 Å². The summed E-state index contributed by atoms with van der Waals surface area (Å²) in [6.07, 6.45) is 5.83. The Morgan fingerprint density at radius 1 is 1.02 bits per heavy atom. The van der Waals surface area contributed by atoms with Crippen molar-refractivity contribution in [3.05, 3.63) is 65.7 Å². The maximum Gasteiger partial charge on any atom is 0.254 e. The van der Waals surface area contributed by atoms with E-state index in [1.54, 1.807) is 7.11 Å². The number of rotatable bonds is 6. The molecular formula is C37H38N6O3. The van der Waals surface area contributed by atoms with Gasteiger partial charge in [-0.15, -0.1) is 0 Å². The summed E-state index contributed by atoms with van der Waals surface area (Å²) in [5.74, 6) is 2.63. The van der Waals surface area contributed by atoms with Gasteiger partial charge in [0.25, 0.3) is 5.91 Å². The Kier molecular flexibility index (Phi) is 6.13. The number of aryl methyl sites for hydroxylation is 2. The van der Waals surface area contributed by atoms with Crippen molar-refractivity contribution < 1.29 is 14.3 Å². The van der Waals surface area contributed by atoms with Crippen LogP contribution in [-0.2, 0) is 24.8 Å². The third kappa shape index (κ3) is 4.28. The molecule has 2 bridgehead atoms. The summed E-state index contributed by atoms with van der Waals surface area (Å²) >= 11 is 0. The molecule has 3 atom stereocenters. The molecule has 2 aromatic heterocycles. The highest BCUT2D eigenvalue weighted by atomic mass is 16.5. The Labute approximate surface area is 267 Å². The standard InChI is InChI=1S/C37H38N6O3/c1-41-35-28(14-26(17-32(35)46-2)37(45)43-19-25-8-11-29(43)34(25)38)40-36(41)31-16-24-6-5-22(15-30(24)42(31)18-20-3-4-20)21-7-10-27-23(13-21)9-12-33(44)39-27/h5-7,10,13-17,20,25,29,34H,3-4,8-9,11-12,18-19,38H2,1-2H3,(H,39,44)/t25-,29-,34-/m1/s1. The van der Waals surface area contributed by atoms with Gasteiger partial charge in [0.15, 0.2) is 5.82 Å². The Morgan fingerprint density at radius 2 is 1.85 bits per heavy atom. The molecule has 46 heavy (non-hydrogen) atoms. The minimum atomic E-state index is 0.00925. The molecule has 0 unspecified atom stereocenters. The molecule has 3 fully saturated rings. The number of nitrogens with zero attached hydrogens (tertiary/aromatic N) is 4. The number of carbonyl (C=O) groups excluding carboxylic acids is 2. The van der Waals surface area contributed by atoms with Crippen LogP contribution in [0.4, 0.5) is 5.69 Å². The molecule has 3 aromatic carbocycles. The fourth-order valence-corrected chi connectivity index (χ4v) is 8.20. The van der Waals surface area contributed by atoms with E-state index < -0.39 is 0 Å². The van der Waals surface area contributed by atoms with E-state index >= 15 is 0 Å². The summed E-state index contributed by atoms with van der Waals surface area (Å²) in [4.78, 5) is 32.8. The van der Waals surface area contributed by atoms with Crippen LogP contribution in [0, 0.1) is 11.8 Å². The number of nitrogens with one attached hydrogen (secondary N) is 1. The number of fused-ring (bicyclic) bond motifs is 5. The Bertz CT molecular complexity index is 2090. The second-order valence-electron chi connectivity index (χ2n) is 13.8. The van der Waals surface area contributed by atoms with Crippen molar-refractivity contribution in [3.8, 4) is 28.4 Å². The van der Waals surface area contributed by atoms with Gasteiger partial charge >= 0.3 is 0 Å². The van der Waals surface area contributed by atoms with Gasteiger partial charge in [-0.25, -0.2) is 4.98 Å². The molecule has 4 aliphatic rings. The highest BCUT2D eigenvalue weighted by molar-refractivity contribution is 6.01. The van der Waals surface area contributed by atoms with E-state index in [1.165, 1.54) is 29.3 Å². The highest BCUT2D eigenvalue weighted by Crippen LogP contribution is 2.41. The summed E-state index contributed by atoms with van der Waals surface area (Å²) in [6, 6.07) is 19.2. The highest BCUT2D eigenvalue weighted by Gasteiger charge is 2.47. The predicted octanol–water partition coefficient (Wildman–Crippen LogP) is 5.73. The molecule has 2 amide bonds. The van der Waals surface area contributed by atoms with Crippen LogP contribution in [0.5, 0.6) is 5.75 Å². The van der Waals surface area contributed by atoms with E-state index in [9.17, 15) is 9.59 Å². The fourth-order valence-electron chi connectivity index (χ4n) is 8.20. The molecule has 2 saturated carbocycles. The van der Waals surface area contributed by atoms with Gasteiger partial charge in [-0.3, -0.25) is 9.59 Å². The monoisotopic (exact) mass is 614 g/mol. The zero-order valence-corrected chi connectivity index (χ0v) is 26.3. The van der Waals surface area contributed by atoms with Gasteiger partial charge in [0.2, 0.25) is 5.91 Å². The number of hydrogen-bond acceptors (Lipinski definition) is 5. The lowest BCUT2D eigenvalue weighted by Gasteiger charge is -2.27. The molecule has 2 aliphatic carbocycles. The Hall–Kier alpha value is -4.63. The molecule has 4 heterocycles. The van der Waals surface area contributed by atoms with Crippen molar-refractivity contribution in [2.45, 2.75) is 57.2 Å². The summed E-state index contributed by atoms with van der Waals surface area (Å²) in [7, 11) is 3.69. The minimum Gasteiger partial charge on any atom is -0.494 e. The predicted molar refractivity (Wildman–Crippen MR) is 179 cm³/mol. The first-order chi connectivity index (χ1) is 22.4. The zero-order chi connectivity index (χ0) is 31.3. The molecule has 3 N–H and O–H groups in total. The average molecular weight is 615 g/mol. The number of amides is 2. The number of benzene rings is 3. The van der Waals surface area contributed by atoms with Gasteiger partial charge in [0.1, 0.15) is 11.3 Å². The van der Waals surface area contributed by atoms with E-state index in [1.807, 2.05) is 30.1 Å². The van der Waals surface area contributed by atoms with E-state index in [0.29, 0.717) is 29.6 Å². The molecule has 0 spiro atoms. The van der Waals surface area contributed by atoms with E-state index in [4.69, 9.17) is 15.5 Å². The van der Waals surface area contributed by atoms with Crippen molar-refractivity contribution in [1.29, 1.82) is 0 Å². The number of aromatic nitrogens is 3. The first-order valence-corrected chi connectivity index (χ1v) is 16.5. The summed E-state index contributed by atoms with van der Waals surface area (Å²) in [5.41, 5.74) is 15.3. The maximum absolute atomic E-state index is 13.8. The number of hydrogen-bond donors (Lipinski definition) is 2. The molecule has 1 saturated heterocycles. The smallest absolute Gasteiger partial charge is 0.254 e. The SMILES string of the molecule is COc1cc(C(=O)N2C[C@H]3CC[C@@H]2[C@@H]3N)cc2nc(-c3cc4ccc(-c5ccc6c(c5)CCC(=O)N6)cc4n3CC3CC3)n(C)c12. The van der Waals surface area contributed by atoms with E-state index in [2.05, 4.69) is 50.8 Å². The van der Waals surface area contributed by atoms with Crippen LogP contribution in [0.25, 0.3) is 44.6 Å². The first kappa shape index (κ1) is 27.7. The molecule has 2 aliphatic heterocycles. The van der Waals surface area contributed by atoms with Crippen molar-refractivity contribution >= 4 is 39.4 Å². The van der Waals surface area contributed by atoms with E-state index in [-0.39, 0.29) is 23.9 Å². The number of carbonyl (C=O) groups is 2. The summed E-state index contributed by atoms with van der Waals surface area (Å²) < 4.78 is 10.4. The number of imidazole rings is 1. The number of nitrogens with two attached hydrogens (primary N) is 1. The van der Waals surface area contributed by atoms with Crippen LogP contribution in [0.3, 0.4) is 0 Å². The summed E-state index contributed by atoms with van der Waals surface area (Å²) in [6.45, 7) is 1.66. The lowest BCUT2D eigenvalue weighted by Crippen LogP contribution is -2.41. The van der Waals surface area contributed by atoms with Gasteiger partial charge in [-0.05, 0) is 97.0 Å². The van der Waals surface area contributed by atoms with Gasteiger partial charge in [-0.1, -0.05) is 18.2 Å². The molecule has 9 rings (SSSR count). The lowest BCUT2D eigenvalue weighted by atomic mass is 9.96. The third-order valence-electron chi connectivity index (χ3n) is 10.9.